The normalized spacial score (nSPS) is 13.6. The molecule has 15 rings (SSSR count). The highest BCUT2D eigenvalue weighted by Crippen LogP contribution is 2.61. The van der Waals surface area contributed by atoms with Crippen LogP contribution in [-0.2, 0) is 10.8 Å². The van der Waals surface area contributed by atoms with Gasteiger partial charge in [0.1, 0.15) is 11.6 Å². The average molecular weight is 939 g/mol. The molecule has 2 heterocycles. The van der Waals surface area contributed by atoms with Crippen LogP contribution in [0.3, 0.4) is 0 Å². The molecule has 342 valence electrons. The second-order valence-electron chi connectivity index (χ2n) is 19.6. The van der Waals surface area contributed by atoms with Crippen LogP contribution in [0.5, 0.6) is 0 Å². The van der Waals surface area contributed by atoms with Crippen molar-refractivity contribution in [3.8, 4) is 45.8 Å². The largest absolute Gasteiger partial charge is 0.307 e. The molecule has 0 amide bonds. The summed E-state index contributed by atoms with van der Waals surface area (Å²) in [5.41, 5.74) is 18.8. The van der Waals surface area contributed by atoms with E-state index in [1.54, 1.807) is 0 Å². The van der Waals surface area contributed by atoms with Crippen LogP contribution in [0.25, 0.3) is 77.2 Å². The van der Waals surface area contributed by atoms with Crippen molar-refractivity contribution in [2.24, 2.45) is 0 Å². The van der Waals surface area contributed by atoms with Gasteiger partial charge in [0.05, 0.1) is 55.9 Å². The van der Waals surface area contributed by atoms with Crippen molar-refractivity contribution in [2.45, 2.75) is 10.8 Å². The lowest BCUT2D eigenvalue weighted by atomic mass is 9.67. The third-order valence-corrected chi connectivity index (χ3v) is 16.3. The summed E-state index contributed by atoms with van der Waals surface area (Å²) < 4.78 is 4.58. The first-order valence-corrected chi connectivity index (χ1v) is 25.2. The Kier molecular flexibility index (Phi) is 8.89. The van der Waals surface area contributed by atoms with E-state index in [0.29, 0.717) is 22.5 Å². The molecule has 11 aromatic carbocycles. The Morgan fingerprint density at radius 3 is 1.04 bits per heavy atom. The van der Waals surface area contributed by atoms with E-state index < -0.39 is 10.8 Å². The molecule has 0 fully saturated rings. The summed E-state index contributed by atoms with van der Waals surface area (Å²) in [4.78, 5) is 0. The standard InChI is InChI=1S/C70H42N4/c71-43-45-41-63(73-61-35-19-15-29-50(61)52-37-39-59-65(67(52)73)54-31-13-17-33-57(54)69(59,46-21-5-1-6-22-46)47-23-7-2-8-24-47)56(44-72)64(42-45)74-62-36-20-16-30-51(62)53-38-40-60-66(68(53)74)55-32-14-18-34-58(55)70(60,48-25-9-3-10-26-48)49-27-11-4-12-28-49/h1-42H. The van der Waals surface area contributed by atoms with Gasteiger partial charge >= 0.3 is 0 Å². The smallest absolute Gasteiger partial charge is 0.104 e. The number of hydrogen-bond acceptors (Lipinski definition) is 2. The molecule has 2 aliphatic rings. The lowest BCUT2D eigenvalue weighted by molar-refractivity contribution is 0.769. The van der Waals surface area contributed by atoms with Crippen molar-refractivity contribution >= 4 is 43.6 Å². The topological polar surface area (TPSA) is 57.4 Å². The monoisotopic (exact) mass is 938 g/mol. The molecule has 0 saturated heterocycles. The van der Waals surface area contributed by atoms with Crippen molar-refractivity contribution in [2.75, 3.05) is 0 Å². The van der Waals surface area contributed by atoms with E-state index in [1.807, 2.05) is 12.1 Å². The second kappa shape index (κ2) is 15.7. The summed E-state index contributed by atoms with van der Waals surface area (Å²) >= 11 is 0. The van der Waals surface area contributed by atoms with Crippen LogP contribution in [0.2, 0.25) is 0 Å². The quantitative estimate of drug-likeness (QED) is 0.167. The van der Waals surface area contributed by atoms with Crippen molar-refractivity contribution in [1.29, 1.82) is 10.5 Å². The number of para-hydroxylation sites is 2. The Labute approximate surface area is 428 Å². The molecule has 4 nitrogen and oxygen atoms in total. The Morgan fingerprint density at radius 2 is 0.662 bits per heavy atom. The first-order chi connectivity index (χ1) is 36.7. The molecular weight excluding hydrogens is 897 g/mol. The van der Waals surface area contributed by atoms with Crippen LogP contribution in [0.15, 0.2) is 255 Å². The maximum Gasteiger partial charge on any atom is 0.104 e. The minimum Gasteiger partial charge on any atom is -0.307 e. The number of nitrogens with zero attached hydrogens (tertiary/aromatic N) is 4. The van der Waals surface area contributed by atoms with Gasteiger partial charge in [-0.15, -0.1) is 0 Å². The van der Waals surface area contributed by atoms with Crippen LogP contribution >= 0.6 is 0 Å². The number of aromatic nitrogens is 2. The van der Waals surface area contributed by atoms with Crippen LogP contribution in [0.1, 0.15) is 55.6 Å². The van der Waals surface area contributed by atoms with Gasteiger partial charge in [0.15, 0.2) is 0 Å². The first-order valence-electron chi connectivity index (χ1n) is 25.2. The highest BCUT2D eigenvalue weighted by Gasteiger charge is 2.49. The van der Waals surface area contributed by atoms with Gasteiger partial charge in [0.25, 0.3) is 0 Å². The molecule has 0 aliphatic heterocycles. The SMILES string of the molecule is N#Cc1cc(-n2c3ccccc3c3ccc4c(c32)-c2ccccc2C4(c2ccccc2)c2ccccc2)c(C#N)c(-n2c3ccccc3c3ccc4c(c32)-c2ccccc2C4(c2ccccc2)c2ccccc2)c1. The molecule has 74 heavy (non-hydrogen) atoms. The first kappa shape index (κ1) is 41.8. The number of hydrogen-bond donors (Lipinski definition) is 0. The van der Waals surface area contributed by atoms with Crippen LogP contribution in [0.4, 0.5) is 0 Å². The molecule has 0 unspecified atom stereocenters. The van der Waals surface area contributed by atoms with E-state index in [2.05, 4.69) is 264 Å². The Hall–Kier alpha value is -10.0. The van der Waals surface area contributed by atoms with Gasteiger partial charge in [-0.25, -0.2) is 0 Å². The molecule has 13 aromatic rings. The number of nitriles is 2. The van der Waals surface area contributed by atoms with E-state index >= 15 is 0 Å². The maximum absolute atomic E-state index is 12.1. The van der Waals surface area contributed by atoms with E-state index in [4.69, 9.17) is 0 Å². The lowest BCUT2D eigenvalue weighted by Gasteiger charge is -2.33. The number of benzene rings is 11. The zero-order valence-corrected chi connectivity index (χ0v) is 40.0. The summed E-state index contributed by atoms with van der Waals surface area (Å²) in [7, 11) is 0. The average Bonchev–Trinajstić information content (AvgIpc) is 4.22. The van der Waals surface area contributed by atoms with Crippen LogP contribution < -0.4 is 0 Å². The predicted molar refractivity (Wildman–Crippen MR) is 299 cm³/mol. The van der Waals surface area contributed by atoms with Crippen molar-refractivity contribution < 1.29 is 0 Å². The van der Waals surface area contributed by atoms with Crippen LogP contribution in [-0.4, -0.2) is 9.13 Å². The van der Waals surface area contributed by atoms with E-state index in [1.165, 1.54) is 44.5 Å². The summed E-state index contributed by atoms with van der Waals surface area (Å²) in [6.45, 7) is 0. The fraction of sp³-hybridized carbons (Fsp3) is 0.0286. The summed E-state index contributed by atoms with van der Waals surface area (Å²) in [6.07, 6.45) is 0. The molecule has 4 heteroatoms. The van der Waals surface area contributed by atoms with Crippen molar-refractivity contribution in [1.82, 2.24) is 9.13 Å². The minimum atomic E-state index is -0.643. The van der Waals surface area contributed by atoms with Crippen LogP contribution in [0, 0.1) is 22.7 Å². The number of rotatable bonds is 6. The summed E-state index contributed by atoms with van der Waals surface area (Å²) in [5, 5.41) is 27.6. The minimum absolute atomic E-state index is 0.456. The molecule has 0 radical (unpaired) electrons. The third kappa shape index (κ3) is 5.33. The molecule has 0 saturated carbocycles. The molecule has 0 N–H and O–H groups in total. The van der Waals surface area contributed by atoms with Gasteiger partial charge in [-0.05, 0) is 79.9 Å². The number of fused-ring (bicyclic) bond motifs is 14. The zero-order valence-electron chi connectivity index (χ0n) is 40.0. The summed E-state index contributed by atoms with van der Waals surface area (Å²) in [6, 6.07) is 96.6. The van der Waals surface area contributed by atoms with E-state index in [9.17, 15) is 10.5 Å². The highest BCUT2D eigenvalue weighted by atomic mass is 15.0. The van der Waals surface area contributed by atoms with Crippen molar-refractivity contribution in [3.05, 3.63) is 310 Å². The Bertz CT molecular complexity index is 4190. The van der Waals surface area contributed by atoms with E-state index in [0.717, 1.165) is 65.9 Å². The molecule has 0 spiro atoms. The van der Waals surface area contributed by atoms with Gasteiger partial charge in [-0.1, -0.05) is 231 Å². The summed E-state index contributed by atoms with van der Waals surface area (Å²) in [5.74, 6) is 0. The molecule has 2 aromatic heterocycles. The van der Waals surface area contributed by atoms with E-state index in [-0.39, 0.29) is 0 Å². The van der Waals surface area contributed by atoms with Gasteiger partial charge < -0.3 is 9.13 Å². The molecule has 2 aliphatic carbocycles. The Morgan fingerprint density at radius 1 is 0.311 bits per heavy atom. The van der Waals surface area contributed by atoms with Gasteiger partial charge in [0.2, 0.25) is 0 Å². The lowest BCUT2D eigenvalue weighted by Crippen LogP contribution is -2.28. The molecule has 0 bridgehead atoms. The molecular formula is C70H42N4. The van der Waals surface area contributed by atoms with Crippen molar-refractivity contribution in [3.63, 3.8) is 0 Å². The van der Waals surface area contributed by atoms with Gasteiger partial charge in [-0.3, -0.25) is 0 Å². The third-order valence-electron chi connectivity index (χ3n) is 16.3. The maximum atomic E-state index is 12.1. The predicted octanol–water partition coefficient (Wildman–Crippen LogP) is 16.4. The second-order valence-corrected chi connectivity index (χ2v) is 19.6. The fourth-order valence-corrected chi connectivity index (χ4v) is 13.6. The van der Waals surface area contributed by atoms with Gasteiger partial charge in [-0.2, -0.15) is 10.5 Å². The molecule has 0 atom stereocenters. The van der Waals surface area contributed by atoms with Gasteiger partial charge in [0, 0.05) is 32.7 Å². The fourth-order valence-electron chi connectivity index (χ4n) is 13.6. The zero-order chi connectivity index (χ0) is 49.1. The Balaban J connectivity index is 1.09. The highest BCUT2D eigenvalue weighted by molar-refractivity contribution is 6.18.